The van der Waals surface area contributed by atoms with Crippen LogP contribution in [0.25, 0.3) is 0 Å². The molecule has 0 radical (unpaired) electrons. The predicted molar refractivity (Wildman–Crippen MR) is 89.0 cm³/mol. The summed E-state index contributed by atoms with van der Waals surface area (Å²) in [6.07, 6.45) is 8.58. The van der Waals surface area contributed by atoms with E-state index in [0.717, 1.165) is 39.0 Å². The number of furan rings is 1. The van der Waals surface area contributed by atoms with Gasteiger partial charge in [-0.3, -0.25) is 9.69 Å². The number of piperidine rings is 1. The van der Waals surface area contributed by atoms with E-state index < -0.39 is 5.97 Å². The van der Waals surface area contributed by atoms with Gasteiger partial charge in [-0.15, -0.1) is 0 Å². The number of amides is 1. The van der Waals surface area contributed by atoms with E-state index in [1.54, 1.807) is 0 Å². The molecule has 2 aliphatic heterocycles. The van der Waals surface area contributed by atoms with Gasteiger partial charge >= 0.3 is 5.97 Å². The summed E-state index contributed by atoms with van der Waals surface area (Å²) in [6, 6.07) is 1.92. The van der Waals surface area contributed by atoms with Crippen molar-refractivity contribution in [1.29, 1.82) is 0 Å². The summed E-state index contributed by atoms with van der Waals surface area (Å²) in [4.78, 5) is 28.6. The fourth-order valence-corrected chi connectivity index (χ4v) is 3.73. The summed E-state index contributed by atoms with van der Waals surface area (Å²) in [5.41, 5.74) is 0.280. The van der Waals surface area contributed by atoms with Gasteiger partial charge in [-0.05, 0) is 38.8 Å². The lowest BCUT2D eigenvalue weighted by Gasteiger charge is -2.38. The molecule has 3 heterocycles. The first-order chi connectivity index (χ1) is 11.7. The molecule has 0 N–H and O–H groups in total. The highest BCUT2D eigenvalue weighted by Crippen LogP contribution is 2.22. The van der Waals surface area contributed by atoms with E-state index in [1.165, 1.54) is 45.1 Å². The minimum Gasteiger partial charge on any atom is -0.465 e. The van der Waals surface area contributed by atoms with Crippen LogP contribution in [-0.4, -0.2) is 61.0 Å². The quantitative estimate of drug-likeness (QED) is 0.795. The van der Waals surface area contributed by atoms with Crippen LogP contribution in [-0.2, 0) is 4.74 Å². The zero-order valence-electron chi connectivity index (χ0n) is 14.3. The SMILES string of the molecule is COC(=O)c1coc(C(=O)N2CCC[C@H](N3CCCCCC3)C2)c1. The third-order valence-corrected chi connectivity index (χ3v) is 5.07. The van der Waals surface area contributed by atoms with Crippen molar-refractivity contribution in [2.45, 2.75) is 44.6 Å². The second-order valence-corrected chi connectivity index (χ2v) is 6.69. The number of carbonyl (C=O) groups excluding carboxylic acids is 2. The number of rotatable bonds is 3. The van der Waals surface area contributed by atoms with Crippen molar-refractivity contribution in [1.82, 2.24) is 9.80 Å². The smallest absolute Gasteiger partial charge is 0.341 e. The van der Waals surface area contributed by atoms with Crippen LogP contribution < -0.4 is 0 Å². The molecule has 0 bridgehead atoms. The van der Waals surface area contributed by atoms with Crippen molar-refractivity contribution >= 4 is 11.9 Å². The average molecular weight is 334 g/mol. The summed E-state index contributed by atoms with van der Waals surface area (Å²) >= 11 is 0. The van der Waals surface area contributed by atoms with Crippen LogP contribution in [0.4, 0.5) is 0 Å². The lowest BCUT2D eigenvalue weighted by Crippen LogP contribution is -2.50. The Morgan fingerprint density at radius 1 is 1.12 bits per heavy atom. The molecule has 3 rings (SSSR count). The van der Waals surface area contributed by atoms with Crippen LogP contribution in [0.1, 0.15) is 59.4 Å². The van der Waals surface area contributed by atoms with E-state index in [9.17, 15) is 9.59 Å². The van der Waals surface area contributed by atoms with E-state index in [0.29, 0.717) is 6.04 Å². The fraction of sp³-hybridized carbons (Fsp3) is 0.667. The summed E-state index contributed by atoms with van der Waals surface area (Å²) in [7, 11) is 1.31. The third kappa shape index (κ3) is 3.80. The van der Waals surface area contributed by atoms with E-state index in [-0.39, 0.29) is 17.2 Å². The Bertz CT molecular complexity index is 575. The average Bonchev–Trinajstić information content (AvgIpc) is 2.96. The number of likely N-dealkylation sites (tertiary alicyclic amines) is 2. The molecule has 0 unspecified atom stereocenters. The van der Waals surface area contributed by atoms with Crippen molar-refractivity contribution in [3.05, 3.63) is 23.7 Å². The summed E-state index contributed by atoms with van der Waals surface area (Å²) in [6.45, 7) is 3.77. The van der Waals surface area contributed by atoms with E-state index in [2.05, 4.69) is 9.64 Å². The Hall–Kier alpha value is -1.82. The van der Waals surface area contributed by atoms with E-state index in [1.807, 2.05) is 4.90 Å². The summed E-state index contributed by atoms with van der Waals surface area (Å²) in [5.74, 6) is -0.407. The molecule has 2 fully saturated rings. The van der Waals surface area contributed by atoms with Gasteiger partial charge < -0.3 is 14.1 Å². The Kier molecular flexibility index (Phi) is 5.56. The molecule has 6 nitrogen and oxygen atoms in total. The number of hydrogen-bond acceptors (Lipinski definition) is 5. The van der Waals surface area contributed by atoms with Gasteiger partial charge in [0.25, 0.3) is 5.91 Å². The molecular weight excluding hydrogens is 308 g/mol. The van der Waals surface area contributed by atoms with Gasteiger partial charge in [-0.25, -0.2) is 4.79 Å². The van der Waals surface area contributed by atoms with Crippen LogP contribution in [0.15, 0.2) is 16.7 Å². The predicted octanol–water partition coefficient (Wildman–Crippen LogP) is 2.55. The fourth-order valence-electron chi connectivity index (χ4n) is 3.73. The number of esters is 1. The molecule has 1 atom stereocenters. The van der Waals surface area contributed by atoms with Gasteiger partial charge in [0.05, 0.1) is 12.7 Å². The molecule has 1 aromatic rings. The van der Waals surface area contributed by atoms with Crippen LogP contribution in [0.2, 0.25) is 0 Å². The molecule has 0 spiro atoms. The van der Waals surface area contributed by atoms with Crippen molar-refractivity contribution < 1.29 is 18.7 Å². The van der Waals surface area contributed by atoms with Gasteiger partial charge in [0, 0.05) is 25.2 Å². The minimum atomic E-state index is -0.487. The highest BCUT2D eigenvalue weighted by Gasteiger charge is 2.30. The standard InChI is InChI=1S/C18H26N2O4/c1-23-18(22)14-11-16(24-13-14)17(21)20-10-6-7-15(12-20)19-8-4-2-3-5-9-19/h11,13,15H,2-10,12H2,1H3/t15-/m0/s1. The van der Waals surface area contributed by atoms with Crippen molar-refractivity contribution in [2.75, 3.05) is 33.3 Å². The monoisotopic (exact) mass is 334 g/mol. The summed E-state index contributed by atoms with van der Waals surface area (Å²) in [5, 5.41) is 0. The maximum absolute atomic E-state index is 12.7. The lowest BCUT2D eigenvalue weighted by molar-refractivity contribution is 0.0549. The van der Waals surface area contributed by atoms with Gasteiger partial charge in [0.15, 0.2) is 5.76 Å². The Morgan fingerprint density at radius 3 is 2.58 bits per heavy atom. The van der Waals surface area contributed by atoms with Crippen LogP contribution in [0.5, 0.6) is 0 Å². The van der Waals surface area contributed by atoms with Gasteiger partial charge in [0.2, 0.25) is 0 Å². The molecule has 0 aliphatic carbocycles. The molecule has 1 aromatic heterocycles. The molecule has 6 heteroatoms. The number of carbonyl (C=O) groups is 2. The zero-order valence-corrected chi connectivity index (χ0v) is 14.3. The second-order valence-electron chi connectivity index (χ2n) is 6.69. The molecule has 0 saturated carbocycles. The highest BCUT2D eigenvalue weighted by molar-refractivity contribution is 5.96. The van der Waals surface area contributed by atoms with Crippen LogP contribution in [0.3, 0.4) is 0 Å². The van der Waals surface area contributed by atoms with Gasteiger partial charge in [-0.2, -0.15) is 0 Å². The minimum absolute atomic E-state index is 0.135. The molecular formula is C18H26N2O4. The van der Waals surface area contributed by atoms with Gasteiger partial charge in [-0.1, -0.05) is 12.8 Å². The number of nitrogens with zero attached hydrogens (tertiary/aromatic N) is 2. The largest absolute Gasteiger partial charge is 0.465 e. The normalized spacial score (nSPS) is 22.9. The number of ether oxygens (including phenoxy) is 1. The summed E-state index contributed by atoms with van der Waals surface area (Å²) < 4.78 is 9.95. The van der Waals surface area contributed by atoms with Crippen LogP contribution in [0, 0.1) is 0 Å². The Morgan fingerprint density at radius 2 is 1.88 bits per heavy atom. The molecule has 0 aromatic carbocycles. The van der Waals surface area contributed by atoms with Crippen LogP contribution >= 0.6 is 0 Å². The first kappa shape index (κ1) is 17.0. The van der Waals surface area contributed by atoms with E-state index >= 15 is 0 Å². The first-order valence-corrected chi connectivity index (χ1v) is 8.89. The van der Waals surface area contributed by atoms with Crippen molar-refractivity contribution in [3.63, 3.8) is 0 Å². The maximum atomic E-state index is 12.7. The zero-order chi connectivity index (χ0) is 16.9. The molecule has 1 amide bonds. The van der Waals surface area contributed by atoms with Gasteiger partial charge in [0.1, 0.15) is 6.26 Å². The van der Waals surface area contributed by atoms with E-state index in [4.69, 9.17) is 4.42 Å². The molecule has 24 heavy (non-hydrogen) atoms. The second kappa shape index (κ2) is 7.83. The third-order valence-electron chi connectivity index (χ3n) is 5.07. The maximum Gasteiger partial charge on any atom is 0.341 e. The highest BCUT2D eigenvalue weighted by atomic mass is 16.5. The molecule has 132 valence electrons. The topological polar surface area (TPSA) is 63.0 Å². The molecule has 2 saturated heterocycles. The number of hydrogen-bond donors (Lipinski definition) is 0. The van der Waals surface area contributed by atoms with Crippen molar-refractivity contribution in [3.8, 4) is 0 Å². The number of methoxy groups -OCH3 is 1. The Balaban J connectivity index is 1.64. The Labute approximate surface area is 142 Å². The van der Waals surface area contributed by atoms with Crippen molar-refractivity contribution in [2.24, 2.45) is 0 Å². The lowest BCUT2D eigenvalue weighted by atomic mass is 10.0. The first-order valence-electron chi connectivity index (χ1n) is 8.89. The molecule has 2 aliphatic rings.